The monoisotopic (exact) mass is 562 g/mol. The molecule has 0 bridgehead atoms. The smallest absolute Gasteiger partial charge is 0.337 e. The summed E-state index contributed by atoms with van der Waals surface area (Å²) in [7, 11) is -4.03. The SMILES string of the molecule is O=C(Nc1ccc(Br)cc1C(=O)O)c1ccc(S(=O)(=O)N2CCC(=O)c3ccc(Cl)cc32)cc1. The van der Waals surface area contributed by atoms with Gasteiger partial charge in [-0.1, -0.05) is 27.5 Å². The molecule has 3 aromatic rings. The zero-order valence-corrected chi connectivity index (χ0v) is 20.4. The molecule has 0 saturated heterocycles. The number of aromatic carboxylic acids is 1. The van der Waals surface area contributed by atoms with Gasteiger partial charge in [0.1, 0.15) is 0 Å². The Morgan fingerprint density at radius 1 is 1.03 bits per heavy atom. The van der Waals surface area contributed by atoms with E-state index in [1.54, 1.807) is 6.07 Å². The second-order valence-electron chi connectivity index (χ2n) is 7.39. The zero-order chi connectivity index (χ0) is 24.6. The van der Waals surface area contributed by atoms with Crippen LogP contribution in [0.25, 0.3) is 0 Å². The van der Waals surface area contributed by atoms with Crippen molar-refractivity contribution < 1.29 is 27.9 Å². The predicted octanol–water partition coefficient (Wildman–Crippen LogP) is 4.83. The minimum absolute atomic E-state index is 0.0295. The second-order valence-corrected chi connectivity index (χ2v) is 10.6. The molecule has 1 amide bonds. The van der Waals surface area contributed by atoms with E-state index in [0.717, 1.165) is 4.31 Å². The first-order chi connectivity index (χ1) is 16.1. The third kappa shape index (κ3) is 4.56. The van der Waals surface area contributed by atoms with Crippen LogP contribution in [0.5, 0.6) is 0 Å². The maximum atomic E-state index is 13.3. The highest BCUT2D eigenvalue weighted by molar-refractivity contribution is 9.10. The summed E-state index contributed by atoms with van der Waals surface area (Å²) in [6.45, 7) is -0.0295. The molecule has 0 radical (unpaired) electrons. The Kier molecular flexibility index (Phi) is 6.48. The van der Waals surface area contributed by atoms with E-state index in [2.05, 4.69) is 21.2 Å². The van der Waals surface area contributed by atoms with Crippen molar-refractivity contribution in [3.05, 3.63) is 86.8 Å². The van der Waals surface area contributed by atoms with E-state index in [9.17, 15) is 27.9 Å². The molecular formula is C23H16BrClN2O6S. The highest BCUT2D eigenvalue weighted by Gasteiger charge is 2.32. The minimum atomic E-state index is -4.03. The summed E-state index contributed by atoms with van der Waals surface area (Å²) in [6.07, 6.45) is 0.0352. The van der Waals surface area contributed by atoms with Crippen LogP contribution in [0.15, 0.2) is 70.0 Å². The number of fused-ring (bicyclic) bond motifs is 1. The summed E-state index contributed by atoms with van der Waals surface area (Å²) in [5.74, 6) is -1.98. The lowest BCUT2D eigenvalue weighted by molar-refractivity contribution is 0.0697. The molecule has 1 aliphatic rings. The molecule has 11 heteroatoms. The lowest BCUT2D eigenvalue weighted by Gasteiger charge is -2.30. The molecule has 1 heterocycles. The van der Waals surface area contributed by atoms with E-state index in [1.807, 2.05) is 0 Å². The average molecular weight is 564 g/mol. The van der Waals surface area contributed by atoms with Gasteiger partial charge in [0.25, 0.3) is 15.9 Å². The van der Waals surface area contributed by atoms with E-state index < -0.39 is 21.9 Å². The third-order valence-electron chi connectivity index (χ3n) is 5.24. The number of rotatable bonds is 5. The Balaban J connectivity index is 1.60. The lowest BCUT2D eigenvalue weighted by Crippen LogP contribution is -2.37. The number of hydrogen-bond donors (Lipinski definition) is 2. The number of carboxylic acid groups (broad SMARTS) is 1. The molecule has 1 aliphatic heterocycles. The number of nitrogens with one attached hydrogen (secondary N) is 1. The van der Waals surface area contributed by atoms with Crippen LogP contribution in [0.1, 0.15) is 37.5 Å². The number of sulfonamides is 1. The Labute approximate surface area is 208 Å². The molecule has 0 aliphatic carbocycles. The third-order valence-corrected chi connectivity index (χ3v) is 7.79. The molecule has 0 aromatic heterocycles. The van der Waals surface area contributed by atoms with Crippen molar-refractivity contribution in [2.24, 2.45) is 0 Å². The van der Waals surface area contributed by atoms with Crippen molar-refractivity contribution in [2.45, 2.75) is 11.3 Å². The number of benzene rings is 3. The van der Waals surface area contributed by atoms with E-state index >= 15 is 0 Å². The summed E-state index contributed by atoms with van der Waals surface area (Å²) >= 11 is 9.22. The zero-order valence-electron chi connectivity index (χ0n) is 17.3. The van der Waals surface area contributed by atoms with Crippen molar-refractivity contribution in [1.29, 1.82) is 0 Å². The van der Waals surface area contributed by atoms with Gasteiger partial charge >= 0.3 is 5.97 Å². The molecule has 0 saturated carbocycles. The quantitative estimate of drug-likeness (QED) is 0.459. The molecule has 4 rings (SSSR count). The van der Waals surface area contributed by atoms with Crippen molar-refractivity contribution in [3.63, 3.8) is 0 Å². The summed E-state index contributed by atoms with van der Waals surface area (Å²) in [5, 5.41) is 12.2. The average Bonchev–Trinajstić information content (AvgIpc) is 2.80. The van der Waals surface area contributed by atoms with Crippen LogP contribution in [0.4, 0.5) is 11.4 Å². The molecule has 0 spiro atoms. The van der Waals surface area contributed by atoms with Crippen LogP contribution in [-0.2, 0) is 10.0 Å². The number of carbonyl (C=O) groups is 3. The first-order valence-electron chi connectivity index (χ1n) is 9.87. The van der Waals surface area contributed by atoms with Gasteiger partial charge in [0, 0.05) is 33.6 Å². The van der Waals surface area contributed by atoms with Gasteiger partial charge in [-0.3, -0.25) is 13.9 Å². The number of ketones is 1. The van der Waals surface area contributed by atoms with Crippen LogP contribution in [0.2, 0.25) is 5.02 Å². The Bertz CT molecular complexity index is 1440. The number of halogens is 2. The Morgan fingerprint density at radius 2 is 1.74 bits per heavy atom. The lowest BCUT2D eigenvalue weighted by atomic mass is 10.0. The van der Waals surface area contributed by atoms with Crippen LogP contribution < -0.4 is 9.62 Å². The first kappa shape index (κ1) is 23.9. The van der Waals surface area contributed by atoms with Crippen LogP contribution in [0.3, 0.4) is 0 Å². The number of carbonyl (C=O) groups excluding carboxylic acids is 2. The maximum absolute atomic E-state index is 13.3. The fraction of sp³-hybridized carbons (Fsp3) is 0.0870. The number of carboxylic acids is 1. The van der Waals surface area contributed by atoms with Crippen LogP contribution >= 0.6 is 27.5 Å². The molecular weight excluding hydrogens is 548 g/mol. The highest BCUT2D eigenvalue weighted by Crippen LogP contribution is 2.34. The van der Waals surface area contributed by atoms with Gasteiger partial charge in [0.2, 0.25) is 0 Å². The second kappa shape index (κ2) is 9.21. The fourth-order valence-electron chi connectivity index (χ4n) is 3.56. The minimum Gasteiger partial charge on any atom is -0.478 e. The summed E-state index contributed by atoms with van der Waals surface area (Å²) in [6, 6.07) is 14.1. The van der Waals surface area contributed by atoms with E-state index in [4.69, 9.17) is 11.6 Å². The van der Waals surface area contributed by atoms with Crippen LogP contribution in [-0.4, -0.2) is 37.7 Å². The first-order valence-corrected chi connectivity index (χ1v) is 12.5. The number of hydrogen-bond acceptors (Lipinski definition) is 5. The van der Waals surface area contributed by atoms with Crippen molar-refractivity contribution >= 4 is 66.6 Å². The van der Waals surface area contributed by atoms with Gasteiger partial charge in [0.15, 0.2) is 5.78 Å². The van der Waals surface area contributed by atoms with E-state index in [0.29, 0.717) is 9.50 Å². The van der Waals surface area contributed by atoms with E-state index in [1.165, 1.54) is 54.6 Å². The normalized spacial score (nSPS) is 13.4. The maximum Gasteiger partial charge on any atom is 0.337 e. The fourth-order valence-corrected chi connectivity index (χ4v) is 5.56. The van der Waals surface area contributed by atoms with Gasteiger partial charge < -0.3 is 10.4 Å². The molecule has 3 aromatic carbocycles. The van der Waals surface area contributed by atoms with Crippen molar-refractivity contribution in [2.75, 3.05) is 16.2 Å². The standard InChI is InChI=1S/C23H16BrClN2O6S/c24-14-3-8-19(18(11-14)23(30)31)26-22(29)13-1-5-16(6-2-13)34(32,33)27-10-9-21(28)17-7-4-15(25)12-20(17)27/h1-8,11-12H,9-10H2,(H,26,29)(H,30,31). The predicted molar refractivity (Wildman–Crippen MR) is 130 cm³/mol. The number of amides is 1. The van der Waals surface area contributed by atoms with Crippen molar-refractivity contribution in [3.8, 4) is 0 Å². The number of nitrogens with zero attached hydrogens (tertiary/aromatic N) is 1. The molecule has 174 valence electrons. The summed E-state index contributed by atoms with van der Waals surface area (Å²) in [5.41, 5.74) is 0.624. The van der Waals surface area contributed by atoms with Gasteiger partial charge in [-0.25, -0.2) is 13.2 Å². The molecule has 34 heavy (non-hydrogen) atoms. The van der Waals surface area contributed by atoms with Gasteiger partial charge in [-0.2, -0.15) is 0 Å². The highest BCUT2D eigenvalue weighted by atomic mass is 79.9. The molecule has 0 unspecified atom stereocenters. The molecule has 0 atom stereocenters. The summed E-state index contributed by atoms with van der Waals surface area (Å²) in [4.78, 5) is 36.2. The largest absolute Gasteiger partial charge is 0.478 e. The van der Waals surface area contributed by atoms with Gasteiger partial charge in [-0.15, -0.1) is 0 Å². The number of Topliss-reactive ketones (excluding diaryl/α,β-unsaturated/α-hetero) is 1. The van der Waals surface area contributed by atoms with Gasteiger partial charge in [-0.05, 0) is 60.7 Å². The number of anilines is 2. The van der Waals surface area contributed by atoms with Crippen LogP contribution in [0, 0.1) is 0 Å². The van der Waals surface area contributed by atoms with Gasteiger partial charge in [0.05, 0.1) is 21.8 Å². The Morgan fingerprint density at radius 3 is 2.41 bits per heavy atom. The Hall–Kier alpha value is -3.21. The topological polar surface area (TPSA) is 121 Å². The molecule has 0 fully saturated rings. The van der Waals surface area contributed by atoms with E-state index in [-0.39, 0.29) is 51.7 Å². The molecule has 8 nitrogen and oxygen atoms in total. The summed E-state index contributed by atoms with van der Waals surface area (Å²) < 4.78 is 28.3. The van der Waals surface area contributed by atoms with Crippen molar-refractivity contribution in [1.82, 2.24) is 0 Å². The molecule has 2 N–H and O–H groups in total.